The molecule has 0 bridgehead atoms. The Morgan fingerprint density at radius 1 is 1.23 bits per heavy atom. The van der Waals surface area contributed by atoms with Gasteiger partial charge in [0.25, 0.3) is 5.56 Å². The average Bonchev–Trinajstić information content (AvgIpc) is 3.48. The predicted octanol–water partition coefficient (Wildman–Crippen LogP) is 2.70. The Morgan fingerprint density at radius 2 is 2.00 bits per heavy atom. The summed E-state index contributed by atoms with van der Waals surface area (Å²) in [7, 11) is 1.79. The van der Waals surface area contributed by atoms with Crippen molar-refractivity contribution in [2.24, 2.45) is 7.05 Å². The van der Waals surface area contributed by atoms with Gasteiger partial charge in [-0.15, -0.1) is 16.4 Å². The first-order chi connectivity index (χ1) is 15.0. The number of thioether (sulfide) groups is 1. The highest BCUT2D eigenvalue weighted by atomic mass is 32.2. The predicted molar refractivity (Wildman–Crippen MR) is 121 cm³/mol. The van der Waals surface area contributed by atoms with Gasteiger partial charge in [0.15, 0.2) is 0 Å². The molecule has 0 saturated heterocycles. The largest absolute Gasteiger partial charge is 0.319 e. The molecule has 160 valence electrons. The van der Waals surface area contributed by atoms with Gasteiger partial charge in [-0.05, 0) is 47.9 Å². The number of aromatic nitrogens is 6. The molecule has 0 radical (unpaired) electrons. The molecule has 0 aliphatic carbocycles. The molecule has 0 fully saturated rings. The summed E-state index contributed by atoms with van der Waals surface area (Å²) >= 11 is 2.87. The van der Waals surface area contributed by atoms with E-state index in [1.807, 2.05) is 47.8 Å². The quantitative estimate of drug-likeness (QED) is 0.430. The fraction of sp³-hybridized carbons (Fsp3) is 0.250. The van der Waals surface area contributed by atoms with Gasteiger partial charge < -0.3 is 5.32 Å². The molecular weight excluding hydrogens is 434 g/mol. The molecule has 1 atom stereocenters. The average molecular weight is 456 g/mol. The van der Waals surface area contributed by atoms with Crippen LogP contribution < -0.4 is 10.9 Å². The lowest BCUT2D eigenvalue weighted by Crippen LogP contribution is -2.27. The number of para-hydroxylation sites is 1. The molecule has 3 aromatic heterocycles. The van der Waals surface area contributed by atoms with Crippen LogP contribution in [0, 0.1) is 6.92 Å². The maximum Gasteiger partial charge on any atom is 0.295 e. The van der Waals surface area contributed by atoms with Crippen LogP contribution in [0.2, 0.25) is 0 Å². The first kappa shape index (κ1) is 21.1. The van der Waals surface area contributed by atoms with Crippen molar-refractivity contribution < 1.29 is 4.79 Å². The van der Waals surface area contributed by atoms with Gasteiger partial charge in [-0.1, -0.05) is 36.0 Å². The van der Waals surface area contributed by atoms with Gasteiger partial charge in [-0.2, -0.15) is 0 Å². The zero-order valence-electron chi connectivity index (χ0n) is 17.2. The van der Waals surface area contributed by atoms with Crippen LogP contribution in [0.3, 0.4) is 0 Å². The van der Waals surface area contributed by atoms with Crippen LogP contribution >= 0.6 is 23.1 Å². The second-order valence-corrected chi connectivity index (χ2v) is 9.22. The Hall–Kier alpha value is -3.18. The molecule has 4 rings (SSSR count). The zero-order chi connectivity index (χ0) is 22.0. The molecule has 1 N–H and O–H groups in total. The maximum atomic E-state index is 13.0. The minimum atomic E-state index is -0.503. The number of anilines is 1. The molecule has 9 nitrogen and oxygen atoms in total. The van der Waals surface area contributed by atoms with Crippen molar-refractivity contribution in [3.63, 3.8) is 0 Å². The van der Waals surface area contributed by atoms with Crippen molar-refractivity contribution in [2.45, 2.75) is 30.8 Å². The normalized spacial score (nSPS) is 12.1. The van der Waals surface area contributed by atoms with E-state index in [0.29, 0.717) is 17.4 Å². The summed E-state index contributed by atoms with van der Waals surface area (Å²) in [5, 5.41) is 16.6. The van der Waals surface area contributed by atoms with Crippen LogP contribution in [-0.4, -0.2) is 40.7 Å². The number of carbonyl (C=O) groups excluding carboxylic acids is 1. The lowest BCUT2D eigenvalue weighted by Gasteiger charge is -2.11. The molecule has 0 unspecified atom stereocenters. The number of hydrogen-bond acceptors (Lipinski definition) is 7. The number of thiophene rings is 1. The van der Waals surface area contributed by atoms with E-state index in [2.05, 4.69) is 20.8 Å². The molecule has 11 heteroatoms. The Bertz CT molecular complexity index is 1240. The van der Waals surface area contributed by atoms with Crippen molar-refractivity contribution in [1.82, 2.24) is 29.6 Å². The summed E-state index contributed by atoms with van der Waals surface area (Å²) in [5.41, 5.74) is 1.39. The van der Waals surface area contributed by atoms with Crippen LogP contribution in [0.15, 0.2) is 57.8 Å². The summed E-state index contributed by atoms with van der Waals surface area (Å²) < 4.78 is 4.92. The Kier molecular flexibility index (Phi) is 6.05. The van der Waals surface area contributed by atoms with E-state index in [4.69, 9.17) is 0 Å². The van der Waals surface area contributed by atoms with Crippen LogP contribution in [0.25, 0.3) is 5.69 Å². The highest BCUT2D eigenvalue weighted by Crippen LogP contribution is 2.23. The van der Waals surface area contributed by atoms with E-state index in [1.165, 1.54) is 16.4 Å². The second kappa shape index (κ2) is 8.90. The van der Waals surface area contributed by atoms with Gasteiger partial charge in [0.2, 0.25) is 11.1 Å². The van der Waals surface area contributed by atoms with E-state index < -0.39 is 5.25 Å². The number of rotatable bonds is 7. The van der Waals surface area contributed by atoms with E-state index >= 15 is 0 Å². The molecule has 4 aromatic rings. The summed E-state index contributed by atoms with van der Waals surface area (Å²) in [6, 6.07) is 13.3. The van der Waals surface area contributed by atoms with Gasteiger partial charge in [0.1, 0.15) is 5.69 Å². The molecule has 0 aliphatic heterocycles. The maximum absolute atomic E-state index is 13.0. The van der Waals surface area contributed by atoms with E-state index in [0.717, 1.165) is 10.6 Å². The Morgan fingerprint density at radius 3 is 2.71 bits per heavy atom. The molecular formula is C20H21N7O2S2. The monoisotopic (exact) mass is 455 g/mol. The van der Waals surface area contributed by atoms with Crippen LogP contribution in [-0.2, 0) is 18.4 Å². The molecule has 0 aliphatic rings. The zero-order valence-corrected chi connectivity index (χ0v) is 18.9. The van der Waals surface area contributed by atoms with Crippen molar-refractivity contribution in [3.05, 3.63) is 68.8 Å². The summed E-state index contributed by atoms with van der Waals surface area (Å²) in [4.78, 5) is 27.0. The third kappa shape index (κ3) is 4.32. The number of amides is 1. The number of tetrazole rings is 1. The molecule has 1 aromatic carbocycles. The van der Waals surface area contributed by atoms with Crippen LogP contribution in [0.5, 0.6) is 0 Å². The summed E-state index contributed by atoms with van der Waals surface area (Å²) in [6.45, 7) is 4.11. The second-order valence-electron chi connectivity index (χ2n) is 6.88. The van der Waals surface area contributed by atoms with Crippen molar-refractivity contribution >= 4 is 34.7 Å². The molecule has 0 spiro atoms. The molecule has 31 heavy (non-hydrogen) atoms. The topological polar surface area (TPSA) is 99.6 Å². The summed E-state index contributed by atoms with van der Waals surface area (Å²) in [5.74, 6) is -0.290. The fourth-order valence-electron chi connectivity index (χ4n) is 3.08. The van der Waals surface area contributed by atoms with Gasteiger partial charge in [-0.25, -0.2) is 9.36 Å². The molecule has 3 heterocycles. The lowest BCUT2D eigenvalue weighted by atomic mass is 10.3. The Balaban J connectivity index is 1.51. The van der Waals surface area contributed by atoms with E-state index in [-0.39, 0.29) is 17.2 Å². The smallest absolute Gasteiger partial charge is 0.295 e. The highest BCUT2D eigenvalue weighted by Gasteiger charge is 2.23. The van der Waals surface area contributed by atoms with Crippen LogP contribution in [0.1, 0.15) is 17.5 Å². The molecule has 1 amide bonds. The minimum Gasteiger partial charge on any atom is -0.319 e. The lowest BCUT2D eigenvalue weighted by molar-refractivity contribution is -0.115. The number of carbonyl (C=O) groups is 1. The van der Waals surface area contributed by atoms with Crippen molar-refractivity contribution in [3.8, 4) is 5.69 Å². The van der Waals surface area contributed by atoms with E-state index in [1.54, 1.807) is 41.6 Å². The third-order valence-electron chi connectivity index (χ3n) is 4.84. The third-order valence-corrected chi connectivity index (χ3v) is 6.77. The van der Waals surface area contributed by atoms with Gasteiger partial charge in [-0.3, -0.25) is 14.3 Å². The number of hydrogen-bond donors (Lipinski definition) is 1. The van der Waals surface area contributed by atoms with E-state index in [9.17, 15) is 9.59 Å². The number of benzene rings is 1. The summed E-state index contributed by atoms with van der Waals surface area (Å²) in [6.07, 6.45) is 0. The fourth-order valence-corrected chi connectivity index (χ4v) is 4.55. The van der Waals surface area contributed by atoms with Crippen molar-refractivity contribution in [1.29, 1.82) is 0 Å². The standard InChI is InChI=1S/C20H21N7O2S2/c1-13-17(19(29)27(25(13)3)15-8-5-4-6-9-15)21-18(28)14(2)31-20-22-23-24-26(20)12-16-10-7-11-30-16/h4-11,14H,12H2,1-3H3,(H,21,28)/t14-/m0/s1. The Labute approximate surface area is 186 Å². The SMILES string of the molecule is Cc1c(NC(=O)[C@H](C)Sc2nnnn2Cc2cccs2)c(=O)n(-c2ccccc2)n1C. The minimum absolute atomic E-state index is 0.266. The first-order valence-corrected chi connectivity index (χ1v) is 11.3. The number of nitrogens with zero attached hydrogens (tertiary/aromatic N) is 6. The van der Waals surface area contributed by atoms with Gasteiger partial charge in [0.05, 0.1) is 23.2 Å². The molecule has 0 saturated carbocycles. The van der Waals surface area contributed by atoms with Gasteiger partial charge >= 0.3 is 0 Å². The van der Waals surface area contributed by atoms with Gasteiger partial charge in [0, 0.05) is 11.9 Å². The van der Waals surface area contributed by atoms with Crippen LogP contribution in [0.4, 0.5) is 5.69 Å². The number of nitrogens with one attached hydrogen (secondary N) is 1. The highest BCUT2D eigenvalue weighted by molar-refractivity contribution is 8.00. The first-order valence-electron chi connectivity index (χ1n) is 9.55. The van der Waals surface area contributed by atoms with Crippen molar-refractivity contribution in [2.75, 3.05) is 5.32 Å².